The van der Waals surface area contributed by atoms with Gasteiger partial charge in [-0.2, -0.15) is 0 Å². The lowest BCUT2D eigenvalue weighted by Gasteiger charge is -2.28. The van der Waals surface area contributed by atoms with Crippen molar-refractivity contribution < 1.29 is 6.17 Å². The summed E-state index contributed by atoms with van der Waals surface area (Å²) in [6.07, 6.45) is -0.434. The average molecular weight is 236 g/mol. The first-order valence-corrected chi connectivity index (χ1v) is 6.11. The molecule has 0 aliphatic carbocycles. The molecule has 0 bridgehead atoms. The predicted octanol–water partition coefficient (Wildman–Crippen LogP) is 3.12. The molecule has 1 amide bonds. The van der Waals surface area contributed by atoms with Crippen LogP contribution in [-0.2, 0) is 11.9 Å². The molecule has 0 unspecified atom stereocenters. The highest BCUT2D eigenvalue weighted by Gasteiger charge is 2.51. The van der Waals surface area contributed by atoms with Gasteiger partial charge in [-0.25, -0.2) is 0 Å². The topological polar surface area (TPSA) is 20.3 Å². The van der Waals surface area contributed by atoms with E-state index in [-0.39, 0.29) is 5.91 Å². The SMILES string of the molecule is [2H][C@H]1c2ccccc2N2C(=O)c3ccccc3[C@@]12C. The van der Waals surface area contributed by atoms with Crippen molar-refractivity contribution in [3.05, 3.63) is 65.2 Å². The van der Waals surface area contributed by atoms with Gasteiger partial charge in [-0.1, -0.05) is 36.4 Å². The fraction of sp³-hybridized carbons (Fsp3) is 0.188. The van der Waals surface area contributed by atoms with Crippen molar-refractivity contribution >= 4 is 11.6 Å². The maximum Gasteiger partial charge on any atom is 0.259 e. The van der Waals surface area contributed by atoms with E-state index in [2.05, 4.69) is 0 Å². The van der Waals surface area contributed by atoms with E-state index in [1.54, 1.807) is 4.90 Å². The van der Waals surface area contributed by atoms with Crippen molar-refractivity contribution in [2.24, 2.45) is 0 Å². The van der Waals surface area contributed by atoms with Crippen molar-refractivity contribution in [1.29, 1.82) is 0 Å². The molecule has 0 radical (unpaired) electrons. The molecular weight excluding hydrogens is 222 g/mol. The Morgan fingerprint density at radius 1 is 1.17 bits per heavy atom. The summed E-state index contributed by atoms with van der Waals surface area (Å²) >= 11 is 0. The number of amides is 1. The molecule has 0 saturated carbocycles. The Bertz CT molecular complexity index is 711. The van der Waals surface area contributed by atoms with E-state index < -0.39 is 11.9 Å². The maximum atomic E-state index is 12.6. The van der Waals surface area contributed by atoms with Crippen LogP contribution in [0, 0.1) is 0 Å². The van der Waals surface area contributed by atoms with Crippen LogP contribution in [0.2, 0.25) is 0 Å². The lowest BCUT2D eigenvalue weighted by atomic mass is 9.88. The van der Waals surface area contributed by atoms with Crippen molar-refractivity contribution in [3.63, 3.8) is 0 Å². The van der Waals surface area contributed by atoms with Gasteiger partial charge in [-0.3, -0.25) is 9.69 Å². The van der Waals surface area contributed by atoms with Crippen LogP contribution in [0.5, 0.6) is 0 Å². The molecule has 0 spiro atoms. The first-order valence-electron chi connectivity index (χ1n) is 6.68. The third-order valence-corrected chi connectivity index (χ3v) is 3.98. The number of benzene rings is 2. The zero-order valence-electron chi connectivity index (χ0n) is 11.1. The number of carbonyl (C=O) groups excluding carboxylic acids is 1. The van der Waals surface area contributed by atoms with E-state index in [1.165, 1.54) is 0 Å². The van der Waals surface area contributed by atoms with Crippen molar-refractivity contribution in [2.75, 3.05) is 4.90 Å². The highest BCUT2D eigenvalue weighted by Crippen LogP contribution is 2.50. The van der Waals surface area contributed by atoms with Gasteiger partial charge in [0.1, 0.15) is 0 Å². The van der Waals surface area contributed by atoms with E-state index >= 15 is 0 Å². The Morgan fingerprint density at radius 3 is 2.78 bits per heavy atom. The van der Waals surface area contributed by atoms with Gasteiger partial charge < -0.3 is 0 Å². The fourth-order valence-electron chi connectivity index (χ4n) is 3.18. The Morgan fingerprint density at radius 2 is 1.89 bits per heavy atom. The largest absolute Gasteiger partial charge is 0.298 e. The minimum absolute atomic E-state index is 0.0142. The first-order chi connectivity index (χ1) is 9.15. The van der Waals surface area contributed by atoms with Gasteiger partial charge in [0.05, 0.1) is 5.54 Å². The highest BCUT2D eigenvalue weighted by molar-refractivity contribution is 6.13. The van der Waals surface area contributed by atoms with Crippen LogP contribution in [-0.4, -0.2) is 5.91 Å². The number of rotatable bonds is 0. The number of carbonyl (C=O) groups is 1. The summed E-state index contributed by atoms with van der Waals surface area (Å²) in [4.78, 5) is 14.4. The second-order valence-corrected chi connectivity index (χ2v) is 5.04. The minimum atomic E-state index is -0.572. The van der Waals surface area contributed by atoms with Crippen LogP contribution >= 0.6 is 0 Å². The second-order valence-electron chi connectivity index (χ2n) is 5.04. The van der Waals surface area contributed by atoms with Crippen molar-refractivity contribution in [1.82, 2.24) is 0 Å². The van der Waals surface area contributed by atoms with Crippen molar-refractivity contribution in [2.45, 2.75) is 18.9 Å². The molecule has 2 aromatic carbocycles. The molecule has 2 nitrogen and oxygen atoms in total. The Labute approximate surface area is 107 Å². The zero-order chi connectivity index (χ0) is 13.2. The fourth-order valence-corrected chi connectivity index (χ4v) is 3.18. The quantitative estimate of drug-likeness (QED) is 0.688. The van der Waals surface area contributed by atoms with Gasteiger partial charge >= 0.3 is 0 Å². The van der Waals surface area contributed by atoms with Gasteiger partial charge in [0, 0.05) is 19.0 Å². The smallest absolute Gasteiger partial charge is 0.259 e. The minimum Gasteiger partial charge on any atom is -0.298 e. The van der Waals surface area contributed by atoms with Crippen LogP contribution in [0.15, 0.2) is 48.5 Å². The highest BCUT2D eigenvalue weighted by atomic mass is 16.2. The first kappa shape index (κ1) is 8.92. The Hall–Kier alpha value is -2.09. The number of anilines is 1. The second kappa shape index (κ2) is 3.02. The molecule has 18 heavy (non-hydrogen) atoms. The van der Waals surface area contributed by atoms with E-state index in [1.807, 2.05) is 55.5 Å². The molecule has 0 N–H and O–H groups in total. The van der Waals surface area contributed by atoms with Crippen LogP contribution in [0.25, 0.3) is 0 Å². The molecule has 2 atom stereocenters. The van der Waals surface area contributed by atoms with Crippen LogP contribution in [0.1, 0.15) is 29.8 Å². The maximum absolute atomic E-state index is 12.6. The van der Waals surface area contributed by atoms with Crippen LogP contribution < -0.4 is 4.90 Å². The third kappa shape index (κ3) is 0.969. The molecule has 88 valence electrons. The van der Waals surface area contributed by atoms with Gasteiger partial charge in [0.25, 0.3) is 5.91 Å². The Balaban J connectivity index is 2.05. The standard InChI is InChI=1S/C16H13NO/c1-16-10-11-6-2-5-9-14(11)17(16)15(18)12-7-3-4-8-13(12)16/h2-9H,10H2,1H3/t16-/m1/s1/i10D/t10-,16+/m0. The van der Waals surface area contributed by atoms with Gasteiger partial charge in [0.2, 0.25) is 0 Å². The van der Waals surface area contributed by atoms with Crippen LogP contribution in [0.3, 0.4) is 0 Å². The van der Waals surface area contributed by atoms with E-state index in [0.29, 0.717) is 0 Å². The van der Waals surface area contributed by atoms with Crippen LogP contribution in [0.4, 0.5) is 5.69 Å². The predicted molar refractivity (Wildman–Crippen MR) is 70.7 cm³/mol. The summed E-state index contributed by atoms with van der Waals surface area (Å²) in [5.41, 5.74) is 2.95. The number of para-hydroxylation sites is 1. The number of hydrogen-bond donors (Lipinski definition) is 0. The monoisotopic (exact) mass is 236 g/mol. The van der Waals surface area contributed by atoms with Gasteiger partial charge in [-0.15, -0.1) is 0 Å². The lowest BCUT2D eigenvalue weighted by Crippen LogP contribution is -2.38. The summed E-state index contributed by atoms with van der Waals surface area (Å²) in [7, 11) is 0. The van der Waals surface area contributed by atoms with Gasteiger partial charge in [0.15, 0.2) is 0 Å². The Kier molecular flexibility index (Phi) is 1.50. The summed E-state index contributed by atoms with van der Waals surface area (Å²) in [5, 5.41) is 0. The number of nitrogens with zero attached hydrogens (tertiary/aromatic N) is 1. The third-order valence-electron chi connectivity index (χ3n) is 3.98. The molecule has 0 fully saturated rings. The molecule has 0 saturated heterocycles. The molecule has 2 aromatic rings. The van der Waals surface area contributed by atoms with Gasteiger partial charge in [-0.05, 0) is 30.2 Å². The lowest BCUT2D eigenvalue weighted by molar-refractivity contribution is 0.0983. The normalized spacial score (nSPS) is 28.7. The molecular formula is C16H13NO. The van der Waals surface area contributed by atoms with E-state index in [9.17, 15) is 4.79 Å². The average Bonchev–Trinajstić information content (AvgIpc) is 2.82. The number of hydrogen-bond acceptors (Lipinski definition) is 1. The molecule has 4 rings (SSSR count). The summed E-state index contributed by atoms with van der Waals surface area (Å²) in [5.74, 6) is 0.0142. The number of fused-ring (bicyclic) bond motifs is 5. The summed E-state index contributed by atoms with van der Waals surface area (Å²) < 4.78 is 8.57. The van der Waals surface area contributed by atoms with Crippen molar-refractivity contribution in [3.8, 4) is 0 Å². The molecule has 2 heteroatoms. The molecule has 2 aliphatic rings. The summed E-state index contributed by atoms with van der Waals surface area (Å²) in [6.45, 7) is 1.99. The summed E-state index contributed by atoms with van der Waals surface area (Å²) in [6, 6.07) is 15.4. The molecule has 2 aliphatic heterocycles. The van der Waals surface area contributed by atoms with E-state index in [4.69, 9.17) is 1.37 Å². The molecule has 2 heterocycles. The van der Waals surface area contributed by atoms with E-state index in [0.717, 1.165) is 22.4 Å². The molecule has 0 aromatic heterocycles. The zero-order valence-corrected chi connectivity index (χ0v) is 10.1.